The zero-order valence-corrected chi connectivity index (χ0v) is 15.0. The largest absolute Gasteiger partial charge is 0.459 e. The lowest BCUT2D eigenvalue weighted by Gasteiger charge is -2.09. The molecule has 0 aliphatic rings. The van der Waals surface area contributed by atoms with Crippen LogP contribution in [0.1, 0.15) is 20.9 Å². The van der Waals surface area contributed by atoms with Crippen molar-refractivity contribution in [2.24, 2.45) is 0 Å². The smallest absolute Gasteiger partial charge is 0.291 e. The summed E-state index contributed by atoms with van der Waals surface area (Å²) in [6.45, 7) is 0. The minimum atomic E-state index is -0.512. The van der Waals surface area contributed by atoms with Gasteiger partial charge in [-0.1, -0.05) is 0 Å². The quantitative estimate of drug-likeness (QED) is 0.537. The lowest BCUT2D eigenvalue weighted by Crippen LogP contribution is -2.13. The van der Waals surface area contributed by atoms with Crippen molar-refractivity contribution in [2.75, 3.05) is 10.6 Å². The minimum Gasteiger partial charge on any atom is -0.459 e. The van der Waals surface area contributed by atoms with Gasteiger partial charge < -0.3 is 15.1 Å². The molecule has 0 saturated heterocycles. The fourth-order valence-corrected chi connectivity index (χ4v) is 2.69. The Morgan fingerprint density at radius 1 is 0.931 bits per heavy atom. The van der Waals surface area contributed by atoms with E-state index in [0.29, 0.717) is 16.9 Å². The van der Waals surface area contributed by atoms with Crippen LogP contribution in [-0.4, -0.2) is 21.6 Å². The maximum atomic E-state index is 14.3. The van der Waals surface area contributed by atoms with Crippen molar-refractivity contribution in [3.05, 3.63) is 96.5 Å². The van der Waals surface area contributed by atoms with Crippen LogP contribution in [0.4, 0.5) is 15.8 Å². The van der Waals surface area contributed by atoms with Crippen LogP contribution in [0.25, 0.3) is 5.69 Å². The molecule has 0 aliphatic heterocycles. The fourth-order valence-electron chi connectivity index (χ4n) is 2.69. The summed E-state index contributed by atoms with van der Waals surface area (Å²) >= 11 is 0. The number of hydrogen-bond acceptors (Lipinski definition) is 4. The van der Waals surface area contributed by atoms with Gasteiger partial charge in [-0.3, -0.25) is 9.59 Å². The van der Waals surface area contributed by atoms with E-state index in [-0.39, 0.29) is 17.4 Å². The van der Waals surface area contributed by atoms with Gasteiger partial charge in [-0.15, -0.1) is 0 Å². The number of nitrogens with one attached hydrogen (secondary N) is 2. The number of benzene rings is 2. The van der Waals surface area contributed by atoms with E-state index in [1.54, 1.807) is 60.9 Å². The highest BCUT2D eigenvalue weighted by Gasteiger charge is 2.12. The fraction of sp³-hybridized carbons (Fsp3) is 0. The summed E-state index contributed by atoms with van der Waals surface area (Å²) in [6, 6.07) is 15.5. The van der Waals surface area contributed by atoms with E-state index in [4.69, 9.17) is 4.42 Å². The third kappa shape index (κ3) is 4.06. The summed E-state index contributed by atoms with van der Waals surface area (Å²) in [7, 11) is 0. The Labute approximate surface area is 164 Å². The monoisotopic (exact) mass is 390 g/mol. The molecule has 0 spiro atoms. The number of carbonyl (C=O) groups excluding carboxylic acids is 2. The molecule has 2 amide bonds. The van der Waals surface area contributed by atoms with Crippen LogP contribution in [0, 0.1) is 5.82 Å². The summed E-state index contributed by atoms with van der Waals surface area (Å²) in [5, 5.41) is 9.29. The SMILES string of the molecule is O=C(Nc1ccc(-n2cccn2)c(F)c1)c1ccc(NC(=O)c2ccco2)cc1. The highest BCUT2D eigenvalue weighted by atomic mass is 19.1. The lowest BCUT2D eigenvalue weighted by molar-refractivity contribution is 0.0995. The van der Waals surface area contributed by atoms with Crippen LogP contribution in [0.5, 0.6) is 0 Å². The van der Waals surface area contributed by atoms with E-state index >= 15 is 0 Å². The third-order valence-electron chi connectivity index (χ3n) is 4.11. The maximum absolute atomic E-state index is 14.3. The number of aromatic nitrogens is 2. The second-order valence-electron chi connectivity index (χ2n) is 6.08. The van der Waals surface area contributed by atoms with Crippen molar-refractivity contribution in [1.82, 2.24) is 9.78 Å². The molecule has 2 aromatic heterocycles. The second kappa shape index (κ2) is 7.81. The number of halogens is 1. The first-order valence-electron chi connectivity index (χ1n) is 8.66. The Morgan fingerprint density at radius 3 is 2.34 bits per heavy atom. The summed E-state index contributed by atoms with van der Waals surface area (Å²) in [6.07, 6.45) is 4.59. The van der Waals surface area contributed by atoms with Crippen LogP contribution >= 0.6 is 0 Å². The van der Waals surface area contributed by atoms with E-state index in [0.717, 1.165) is 0 Å². The molecule has 0 radical (unpaired) electrons. The summed E-state index contributed by atoms with van der Waals surface area (Å²) in [5.41, 5.74) is 1.47. The van der Waals surface area contributed by atoms with Gasteiger partial charge in [0.2, 0.25) is 0 Å². The zero-order valence-electron chi connectivity index (χ0n) is 15.0. The van der Waals surface area contributed by atoms with Crippen LogP contribution in [0.2, 0.25) is 0 Å². The molecule has 144 valence electrons. The van der Waals surface area contributed by atoms with Crippen molar-refractivity contribution < 1.29 is 18.4 Å². The van der Waals surface area contributed by atoms with Crippen LogP contribution in [0.15, 0.2) is 83.7 Å². The second-order valence-corrected chi connectivity index (χ2v) is 6.08. The van der Waals surface area contributed by atoms with Crippen molar-refractivity contribution in [2.45, 2.75) is 0 Å². The third-order valence-corrected chi connectivity index (χ3v) is 4.11. The lowest BCUT2D eigenvalue weighted by atomic mass is 10.2. The van der Waals surface area contributed by atoms with E-state index in [9.17, 15) is 14.0 Å². The molecule has 0 aliphatic carbocycles. The standard InChI is InChI=1S/C21H15FN4O3/c22-17-13-16(8-9-18(17)26-11-2-10-23-26)25-20(27)14-4-6-15(7-5-14)24-21(28)19-3-1-12-29-19/h1-13H,(H,24,28)(H,25,27). The predicted octanol–water partition coefficient (Wildman–Crippen LogP) is 4.11. The number of anilines is 2. The normalized spacial score (nSPS) is 10.5. The Balaban J connectivity index is 1.42. The van der Waals surface area contributed by atoms with Gasteiger partial charge in [0.25, 0.3) is 11.8 Å². The number of carbonyl (C=O) groups is 2. The van der Waals surface area contributed by atoms with Gasteiger partial charge in [0.15, 0.2) is 11.6 Å². The Hall–Kier alpha value is -4.20. The summed E-state index contributed by atoms with van der Waals surface area (Å²) in [4.78, 5) is 24.4. The summed E-state index contributed by atoms with van der Waals surface area (Å²) < 4.78 is 20.7. The number of hydrogen-bond donors (Lipinski definition) is 2. The molecule has 0 atom stereocenters. The molecule has 0 fully saturated rings. The first-order chi connectivity index (χ1) is 14.1. The Morgan fingerprint density at radius 2 is 1.69 bits per heavy atom. The van der Waals surface area contributed by atoms with Gasteiger partial charge in [0.05, 0.1) is 6.26 Å². The molecule has 0 bridgehead atoms. The molecule has 8 heteroatoms. The predicted molar refractivity (Wildman–Crippen MR) is 105 cm³/mol. The van der Waals surface area contributed by atoms with Crippen molar-refractivity contribution in [3.63, 3.8) is 0 Å². The number of amides is 2. The van der Waals surface area contributed by atoms with Gasteiger partial charge in [0.1, 0.15) is 5.69 Å². The average Bonchev–Trinajstić information content (AvgIpc) is 3.43. The van der Waals surface area contributed by atoms with E-state index in [2.05, 4.69) is 15.7 Å². The molecule has 2 aromatic carbocycles. The zero-order chi connectivity index (χ0) is 20.2. The molecule has 4 aromatic rings. The molecule has 2 N–H and O–H groups in total. The Bertz CT molecular complexity index is 1140. The highest BCUT2D eigenvalue weighted by molar-refractivity contribution is 6.05. The average molecular weight is 390 g/mol. The number of rotatable bonds is 5. The molecule has 2 heterocycles. The van der Waals surface area contributed by atoms with Gasteiger partial charge in [0, 0.05) is 29.3 Å². The molecule has 0 unspecified atom stereocenters. The maximum Gasteiger partial charge on any atom is 0.291 e. The van der Waals surface area contributed by atoms with Crippen LogP contribution in [0.3, 0.4) is 0 Å². The van der Waals surface area contributed by atoms with Gasteiger partial charge in [-0.2, -0.15) is 5.10 Å². The first kappa shape index (κ1) is 18.2. The van der Waals surface area contributed by atoms with Crippen molar-refractivity contribution >= 4 is 23.2 Å². The van der Waals surface area contributed by atoms with Gasteiger partial charge in [-0.25, -0.2) is 9.07 Å². The molecule has 7 nitrogen and oxygen atoms in total. The van der Waals surface area contributed by atoms with E-state index < -0.39 is 11.7 Å². The molecule has 0 saturated carbocycles. The van der Waals surface area contributed by atoms with E-state index in [1.807, 2.05) is 0 Å². The first-order valence-corrected chi connectivity index (χ1v) is 8.66. The van der Waals surface area contributed by atoms with Gasteiger partial charge in [-0.05, 0) is 60.7 Å². The van der Waals surface area contributed by atoms with Crippen LogP contribution < -0.4 is 10.6 Å². The molecular formula is C21H15FN4O3. The number of nitrogens with zero attached hydrogens (tertiary/aromatic N) is 2. The molecule has 4 rings (SSSR count). The minimum absolute atomic E-state index is 0.187. The van der Waals surface area contributed by atoms with Gasteiger partial charge >= 0.3 is 0 Å². The Kier molecular flexibility index (Phi) is 4.90. The van der Waals surface area contributed by atoms with E-state index in [1.165, 1.54) is 23.1 Å². The number of furan rings is 1. The molecular weight excluding hydrogens is 375 g/mol. The van der Waals surface area contributed by atoms with Crippen molar-refractivity contribution in [1.29, 1.82) is 0 Å². The van der Waals surface area contributed by atoms with Crippen LogP contribution in [-0.2, 0) is 0 Å². The van der Waals surface area contributed by atoms with Crippen molar-refractivity contribution in [3.8, 4) is 5.69 Å². The highest BCUT2D eigenvalue weighted by Crippen LogP contribution is 2.19. The topological polar surface area (TPSA) is 89.2 Å². The summed E-state index contributed by atoms with van der Waals surface area (Å²) in [5.74, 6) is -1.12. The molecule has 29 heavy (non-hydrogen) atoms.